The zero-order valence-electron chi connectivity index (χ0n) is 13.1. The van der Waals surface area contributed by atoms with Crippen molar-refractivity contribution in [2.75, 3.05) is 45.8 Å². The molecule has 0 aromatic carbocycles. The molecule has 0 radical (unpaired) electrons. The van der Waals surface area contributed by atoms with E-state index in [1.54, 1.807) is 4.90 Å². The highest BCUT2D eigenvalue weighted by Crippen LogP contribution is 2.04. The highest BCUT2D eigenvalue weighted by Gasteiger charge is 2.22. The minimum absolute atomic E-state index is 0. The molecule has 0 spiro atoms. The van der Waals surface area contributed by atoms with Gasteiger partial charge < -0.3 is 15.0 Å². The summed E-state index contributed by atoms with van der Waals surface area (Å²) in [6, 6.07) is 0. The van der Waals surface area contributed by atoms with Crippen LogP contribution in [0.25, 0.3) is 0 Å². The maximum atomic E-state index is 11.7. The summed E-state index contributed by atoms with van der Waals surface area (Å²) in [6.45, 7) is 12.6. The van der Waals surface area contributed by atoms with Crippen molar-refractivity contribution in [1.82, 2.24) is 15.1 Å². The minimum Gasteiger partial charge on any atom is -0.447 e. The van der Waals surface area contributed by atoms with Crippen molar-refractivity contribution in [1.29, 1.82) is 0 Å². The van der Waals surface area contributed by atoms with Crippen LogP contribution in [0.2, 0.25) is 0 Å². The van der Waals surface area contributed by atoms with Crippen molar-refractivity contribution in [3.05, 3.63) is 0 Å². The number of halogens is 1. The van der Waals surface area contributed by atoms with Crippen LogP contribution in [-0.4, -0.2) is 67.8 Å². The molecule has 1 amide bonds. The van der Waals surface area contributed by atoms with E-state index in [0.717, 1.165) is 45.8 Å². The van der Waals surface area contributed by atoms with Gasteiger partial charge in [0.15, 0.2) is 0 Å². The molecule has 0 aromatic heterocycles. The SMILES string of the molecule is CCCCNCCN1CCN(C(=O)OC(C)C)CC1.Cl. The second-order valence-electron chi connectivity index (χ2n) is 5.36. The summed E-state index contributed by atoms with van der Waals surface area (Å²) in [5.74, 6) is 0. The molecule has 1 aliphatic rings. The van der Waals surface area contributed by atoms with E-state index in [1.807, 2.05) is 13.8 Å². The number of unbranched alkanes of at least 4 members (excludes halogenated alkanes) is 1. The van der Waals surface area contributed by atoms with Gasteiger partial charge in [-0.15, -0.1) is 12.4 Å². The first-order valence-corrected chi connectivity index (χ1v) is 7.52. The Labute approximate surface area is 129 Å². The number of carbonyl (C=O) groups is 1. The van der Waals surface area contributed by atoms with E-state index in [4.69, 9.17) is 4.74 Å². The molecule has 0 aliphatic carbocycles. The average Bonchev–Trinajstić information content (AvgIpc) is 2.38. The first-order valence-electron chi connectivity index (χ1n) is 7.52. The van der Waals surface area contributed by atoms with Gasteiger partial charge in [0, 0.05) is 39.3 Å². The predicted octanol–water partition coefficient (Wildman–Crippen LogP) is 1.96. The molecule has 1 N–H and O–H groups in total. The second kappa shape index (κ2) is 11.2. The van der Waals surface area contributed by atoms with Gasteiger partial charge in [0.05, 0.1) is 6.10 Å². The summed E-state index contributed by atoms with van der Waals surface area (Å²) < 4.78 is 5.21. The van der Waals surface area contributed by atoms with Gasteiger partial charge in [-0.3, -0.25) is 4.90 Å². The predicted molar refractivity (Wildman–Crippen MR) is 84.7 cm³/mol. The lowest BCUT2D eigenvalue weighted by molar-refractivity contribution is 0.0574. The van der Waals surface area contributed by atoms with Crippen molar-refractivity contribution in [2.45, 2.75) is 39.7 Å². The number of piperazine rings is 1. The standard InChI is InChI=1S/C14H29N3O2.ClH/c1-4-5-6-15-7-8-16-9-11-17(12-10-16)14(18)19-13(2)3;/h13,15H,4-12H2,1-3H3;1H. The number of ether oxygens (including phenoxy) is 1. The maximum Gasteiger partial charge on any atom is 0.410 e. The summed E-state index contributed by atoms with van der Waals surface area (Å²) in [4.78, 5) is 15.9. The summed E-state index contributed by atoms with van der Waals surface area (Å²) in [5, 5.41) is 3.45. The van der Waals surface area contributed by atoms with Gasteiger partial charge in [-0.05, 0) is 26.8 Å². The fourth-order valence-electron chi connectivity index (χ4n) is 2.09. The Morgan fingerprint density at radius 3 is 2.40 bits per heavy atom. The third-order valence-electron chi connectivity index (χ3n) is 3.28. The molecule has 0 aromatic rings. The molecule has 0 saturated carbocycles. The first-order chi connectivity index (χ1) is 9.13. The van der Waals surface area contributed by atoms with Gasteiger partial charge in [0.25, 0.3) is 0 Å². The molecular formula is C14H30ClN3O2. The summed E-state index contributed by atoms with van der Waals surface area (Å²) in [6.07, 6.45) is 2.28. The fraction of sp³-hybridized carbons (Fsp3) is 0.929. The van der Waals surface area contributed by atoms with Crippen molar-refractivity contribution in [3.8, 4) is 0 Å². The number of nitrogens with one attached hydrogen (secondary N) is 1. The quantitative estimate of drug-likeness (QED) is 0.730. The molecule has 1 aliphatic heterocycles. The summed E-state index contributed by atoms with van der Waals surface area (Å²) in [7, 11) is 0. The molecule has 1 heterocycles. The van der Waals surface area contributed by atoms with Crippen molar-refractivity contribution in [2.24, 2.45) is 0 Å². The Bertz CT molecular complexity index is 257. The van der Waals surface area contributed by atoms with Crippen LogP contribution in [-0.2, 0) is 4.74 Å². The van der Waals surface area contributed by atoms with E-state index in [0.29, 0.717) is 0 Å². The molecule has 6 heteroatoms. The van der Waals surface area contributed by atoms with Crippen LogP contribution in [0.15, 0.2) is 0 Å². The molecule has 1 rings (SSSR count). The largest absolute Gasteiger partial charge is 0.447 e. The zero-order chi connectivity index (χ0) is 14.1. The second-order valence-corrected chi connectivity index (χ2v) is 5.36. The van der Waals surface area contributed by atoms with Crippen LogP contribution < -0.4 is 5.32 Å². The highest BCUT2D eigenvalue weighted by molar-refractivity contribution is 5.85. The molecule has 1 saturated heterocycles. The Morgan fingerprint density at radius 1 is 1.20 bits per heavy atom. The molecule has 0 unspecified atom stereocenters. The summed E-state index contributed by atoms with van der Waals surface area (Å²) in [5.41, 5.74) is 0. The molecule has 1 fully saturated rings. The molecule has 5 nitrogen and oxygen atoms in total. The Morgan fingerprint density at radius 2 is 1.85 bits per heavy atom. The zero-order valence-corrected chi connectivity index (χ0v) is 13.9. The lowest BCUT2D eigenvalue weighted by Gasteiger charge is -2.34. The van der Waals surface area contributed by atoms with E-state index in [1.165, 1.54) is 12.8 Å². The number of hydrogen-bond acceptors (Lipinski definition) is 4. The van der Waals surface area contributed by atoms with Crippen LogP contribution in [0, 0.1) is 0 Å². The fourth-order valence-corrected chi connectivity index (χ4v) is 2.09. The van der Waals surface area contributed by atoms with Crippen molar-refractivity contribution in [3.63, 3.8) is 0 Å². The van der Waals surface area contributed by atoms with Gasteiger partial charge >= 0.3 is 6.09 Å². The number of amides is 1. The average molecular weight is 308 g/mol. The third-order valence-corrected chi connectivity index (χ3v) is 3.28. The highest BCUT2D eigenvalue weighted by atomic mass is 35.5. The lowest BCUT2D eigenvalue weighted by Crippen LogP contribution is -2.50. The number of hydrogen-bond donors (Lipinski definition) is 1. The first kappa shape index (κ1) is 19.5. The maximum absolute atomic E-state index is 11.7. The smallest absolute Gasteiger partial charge is 0.410 e. The van der Waals surface area contributed by atoms with Gasteiger partial charge in [-0.25, -0.2) is 4.79 Å². The minimum atomic E-state index is -0.171. The molecule has 120 valence electrons. The molecular weight excluding hydrogens is 278 g/mol. The van der Waals surface area contributed by atoms with Gasteiger partial charge in [-0.2, -0.15) is 0 Å². The van der Waals surface area contributed by atoms with Crippen LogP contribution in [0.4, 0.5) is 4.79 Å². The monoisotopic (exact) mass is 307 g/mol. The number of nitrogens with zero attached hydrogens (tertiary/aromatic N) is 2. The Balaban J connectivity index is 0.00000361. The van der Waals surface area contributed by atoms with E-state index < -0.39 is 0 Å². The van der Waals surface area contributed by atoms with Gasteiger partial charge in [0.2, 0.25) is 0 Å². The molecule has 0 atom stereocenters. The Hall–Kier alpha value is -0.520. The molecule has 0 bridgehead atoms. The molecule has 20 heavy (non-hydrogen) atoms. The number of carbonyl (C=O) groups excluding carboxylic acids is 1. The van der Waals surface area contributed by atoms with Gasteiger partial charge in [-0.1, -0.05) is 13.3 Å². The topological polar surface area (TPSA) is 44.8 Å². The van der Waals surface area contributed by atoms with E-state index in [2.05, 4.69) is 17.1 Å². The van der Waals surface area contributed by atoms with Crippen LogP contribution in [0.1, 0.15) is 33.6 Å². The van der Waals surface area contributed by atoms with Crippen LogP contribution in [0.3, 0.4) is 0 Å². The number of rotatable bonds is 7. The van der Waals surface area contributed by atoms with Crippen LogP contribution >= 0.6 is 12.4 Å². The summed E-state index contributed by atoms with van der Waals surface area (Å²) >= 11 is 0. The van der Waals surface area contributed by atoms with Gasteiger partial charge in [0.1, 0.15) is 0 Å². The van der Waals surface area contributed by atoms with E-state index in [9.17, 15) is 4.79 Å². The van der Waals surface area contributed by atoms with Crippen LogP contribution in [0.5, 0.6) is 0 Å². The third kappa shape index (κ3) is 7.92. The lowest BCUT2D eigenvalue weighted by atomic mass is 10.3. The van der Waals surface area contributed by atoms with Crippen molar-refractivity contribution >= 4 is 18.5 Å². The Kier molecular flexibility index (Phi) is 10.9. The van der Waals surface area contributed by atoms with E-state index >= 15 is 0 Å². The normalized spacial score (nSPS) is 16.1. The van der Waals surface area contributed by atoms with E-state index in [-0.39, 0.29) is 24.6 Å². The van der Waals surface area contributed by atoms with Crippen molar-refractivity contribution < 1.29 is 9.53 Å².